The van der Waals surface area contributed by atoms with E-state index in [1.54, 1.807) is 0 Å². The summed E-state index contributed by atoms with van der Waals surface area (Å²) in [6.45, 7) is -0.244. The summed E-state index contributed by atoms with van der Waals surface area (Å²) in [6.07, 6.45) is -3.16. The van der Waals surface area contributed by atoms with Crippen LogP contribution in [0.5, 0.6) is 0 Å². The molecule has 0 unspecified atom stereocenters. The van der Waals surface area contributed by atoms with Crippen LogP contribution in [0.2, 0.25) is 2.82 Å². The normalized spacial score (nSPS) is 34.6. The smallest absolute Gasteiger partial charge is 0.276 e. The number of aromatic amines is 2. The summed E-state index contributed by atoms with van der Waals surface area (Å²) in [7, 11) is 0. The van der Waals surface area contributed by atoms with Crippen LogP contribution >= 0.6 is 0 Å². The molecular formula is C10H12N4O5. The zero-order valence-corrected chi connectivity index (χ0v) is 9.42. The van der Waals surface area contributed by atoms with Gasteiger partial charge in [0.2, 0.25) is 4.29 Å². The Kier molecular flexibility index (Phi) is 1.78. The zero-order chi connectivity index (χ0) is 17.4. The van der Waals surface area contributed by atoms with Crippen molar-refractivity contribution in [3.8, 4) is 0 Å². The standard InChI is InChI=1S/C10H12N4O5/c15-1-3-7(16)8(17)9(19-3)5-4-6(14-13-5)10(18)12-2-11-4/h2-3,7-9,15-17H,1H2,(H,13,14)(H,11,12,18)/t3-,7-,8-,9+/m1/s1/i15D,16D,17D/hD2. The number of ether oxygens (including phenoxy) is 1. The van der Waals surface area contributed by atoms with Crippen LogP contribution in [-0.4, -0.2) is 64.7 Å². The number of aliphatic hydroxyl groups is 3. The highest BCUT2D eigenvalue weighted by Crippen LogP contribution is 2.34. The second-order valence-corrected chi connectivity index (χ2v) is 4.15. The summed E-state index contributed by atoms with van der Waals surface area (Å²) < 4.78 is 41.8. The van der Waals surface area contributed by atoms with E-state index in [2.05, 4.69) is 25.4 Å². The minimum Gasteiger partial charge on any atom is -0.394 e. The second-order valence-electron chi connectivity index (χ2n) is 4.15. The summed E-state index contributed by atoms with van der Waals surface area (Å²) in [5.41, 5.74) is -0.987. The monoisotopic (exact) mass is 273 g/mol. The molecule has 4 atom stereocenters. The molecule has 3 rings (SSSR count). The van der Waals surface area contributed by atoms with Gasteiger partial charge in [-0.2, -0.15) is 5.10 Å². The minimum atomic E-state index is -1.11. The predicted octanol–water partition coefficient (Wildman–Crippen LogP) is -2.20. The maximum absolute atomic E-state index is 12.0. The molecule has 1 aliphatic heterocycles. The highest BCUT2D eigenvalue weighted by atomic mass is 16.6. The Hall–Kier alpha value is -1.81. The molecule has 0 radical (unpaired) electrons. The number of hydrogen-bond donors (Lipinski definition) is 5. The third-order valence-corrected chi connectivity index (χ3v) is 3.03. The number of hydrogen-bond acceptors (Lipinski definition) is 7. The molecule has 0 saturated carbocycles. The van der Waals surface area contributed by atoms with Crippen molar-refractivity contribution in [2.45, 2.75) is 24.4 Å². The van der Waals surface area contributed by atoms with E-state index >= 15 is 0 Å². The van der Waals surface area contributed by atoms with Crippen LogP contribution in [0.15, 0.2) is 11.1 Å². The largest absolute Gasteiger partial charge is 0.394 e. The molecule has 1 aliphatic rings. The molecule has 3 heterocycles. The summed E-state index contributed by atoms with van der Waals surface area (Å²) in [5, 5.41) is 17.7. The van der Waals surface area contributed by atoms with E-state index in [9.17, 15) is 4.79 Å². The summed E-state index contributed by atoms with van der Waals surface area (Å²) >= 11 is 0. The van der Waals surface area contributed by atoms with Gasteiger partial charge >= 0.3 is 0 Å². The van der Waals surface area contributed by atoms with Crippen molar-refractivity contribution in [1.82, 2.24) is 20.2 Å². The van der Waals surface area contributed by atoms with Gasteiger partial charge in [-0.1, -0.05) is 0 Å². The van der Waals surface area contributed by atoms with Crippen LogP contribution < -0.4 is 5.56 Å². The van der Waals surface area contributed by atoms with Crippen molar-refractivity contribution < 1.29 is 22.9 Å². The lowest BCUT2D eigenvalue weighted by molar-refractivity contribution is -0.0236. The molecule has 0 aromatic carbocycles. The molecule has 2 aromatic rings. The van der Waals surface area contributed by atoms with Crippen LogP contribution in [0.1, 0.15) is 11.8 Å². The molecule has 9 heteroatoms. The molecule has 2 aromatic heterocycles. The van der Waals surface area contributed by atoms with Gasteiger partial charge in [0, 0.05) is 0 Å². The Morgan fingerprint density at radius 1 is 1.53 bits per heavy atom. The molecule has 1 fully saturated rings. The first-order chi connectivity index (χ1) is 11.5. The van der Waals surface area contributed by atoms with E-state index in [4.69, 9.17) is 11.9 Å². The molecule has 0 bridgehead atoms. The van der Waals surface area contributed by atoms with Crippen LogP contribution in [0.4, 0.5) is 0 Å². The first-order valence-electron chi connectivity index (χ1n) is 7.61. The molecule has 102 valence electrons. The number of nitrogens with one attached hydrogen (secondary N) is 2. The van der Waals surface area contributed by atoms with Gasteiger partial charge in [-0.3, -0.25) is 9.89 Å². The second kappa shape index (κ2) is 4.38. The van der Waals surface area contributed by atoms with E-state index in [1.165, 1.54) is 0 Å². The van der Waals surface area contributed by atoms with Gasteiger partial charge < -0.3 is 25.0 Å². The van der Waals surface area contributed by atoms with Gasteiger partial charge in [-0.05, 0) is 0 Å². The number of H-pyrrole nitrogens is 2. The molecule has 1 saturated heterocycles. The Balaban J connectivity index is 2.10. The molecular weight excluding hydrogens is 256 g/mol. The Labute approximate surface area is 113 Å². The van der Waals surface area contributed by atoms with Gasteiger partial charge in [0.25, 0.3) is 5.56 Å². The van der Waals surface area contributed by atoms with Gasteiger partial charge in [0.05, 0.1) is 12.9 Å². The summed E-state index contributed by atoms with van der Waals surface area (Å²) in [4.78, 5) is 16.3. The van der Waals surface area contributed by atoms with Crippen LogP contribution in [0.25, 0.3) is 11.0 Å². The third kappa shape index (κ3) is 1.75. The molecule has 0 amide bonds. The molecule has 9 nitrogen and oxygen atoms in total. The number of fused-ring (bicyclic) bond motifs is 1. The van der Waals surface area contributed by atoms with Crippen LogP contribution in [0, 0.1) is 0 Å². The topological polar surface area (TPSA) is 144 Å². The average Bonchev–Trinajstić information content (AvgIpc) is 3.08. The molecule has 0 spiro atoms. The number of nitrogens with zero attached hydrogens (tertiary/aromatic N) is 2. The molecule has 0 aliphatic carbocycles. The van der Waals surface area contributed by atoms with Gasteiger partial charge in [0.15, 0.2) is 2.82 Å². The number of rotatable bonds is 5. The van der Waals surface area contributed by atoms with E-state index in [-0.39, 0.29) is 23.3 Å². The van der Waals surface area contributed by atoms with Gasteiger partial charge in [-0.25, -0.2) is 4.98 Å². The van der Waals surface area contributed by atoms with Crippen LogP contribution in [-0.2, 0) is 4.74 Å². The van der Waals surface area contributed by atoms with Crippen molar-refractivity contribution in [3.63, 3.8) is 0 Å². The van der Waals surface area contributed by atoms with Crippen molar-refractivity contribution in [1.29, 1.82) is 4.29 Å². The van der Waals surface area contributed by atoms with Gasteiger partial charge in [0.1, 0.15) is 41.1 Å². The van der Waals surface area contributed by atoms with E-state index in [0.717, 1.165) is 6.33 Å². The highest BCUT2D eigenvalue weighted by molar-refractivity contribution is 5.75. The predicted molar refractivity (Wildman–Crippen MR) is 61.2 cm³/mol. The highest BCUT2D eigenvalue weighted by Gasteiger charge is 2.45. The average molecular weight is 273 g/mol. The van der Waals surface area contributed by atoms with Crippen molar-refractivity contribution in [2.75, 3.05) is 6.61 Å². The maximum Gasteiger partial charge on any atom is 0.276 e. The van der Waals surface area contributed by atoms with Crippen LogP contribution in [0.3, 0.4) is 0 Å². The quantitative estimate of drug-likeness (QED) is 0.415. The van der Waals surface area contributed by atoms with Crippen molar-refractivity contribution >= 4 is 11.0 Å². The van der Waals surface area contributed by atoms with E-state index < -0.39 is 30.0 Å². The lowest BCUT2D eigenvalue weighted by atomic mass is 10.1. The third-order valence-electron chi connectivity index (χ3n) is 3.03. The Morgan fingerprint density at radius 2 is 2.42 bits per heavy atom. The Bertz CT molecular complexity index is 800. The molecule has 19 heavy (non-hydrogen) atoms. The summed E-state index contributed by atoms with van der Waals surface area (Å²) in [5.74, 6) is 0. The zero-order valence-electron chi connectivity index (χ0n) is 14.4. The molecule has 5 N–H and O–H groups in total. The first kappa shape index (κ1) is 7.70. The van der Waals surface area contributed by atoms with Gasteiger partial charge in [-0.15, -0.1) is 0 Å². The SMILES string of the molecule is [2H]OC[C@H]1O[C@@H](c2nn([2H])c3c(=O)n([2H])cnc23)[C@H](O[2H])[C@@H]1O[2H]. The first-order valence-corrected chi connectivity index (χ1v) is 5.49. The number of aromatic nitrogens is 4. The van der Waals surface area contributed by atoms with E-state index in [1.807, 2.05) is 0 Å². The maximum atomic E-state index is 12.0. The fraction of sp³-hybridized carbons (Fsp3) is 0.500. The lowest BCUT2D eigenvalue weighted by Gasteiger charge is -2.11. The van der Waals surface area contributed by atoms with Crippen molar-refractivity contribution in [2.24, 2.45) is 0 Å². The fourth-order valence-corrected chi connectivity index (χ4v) is 2.06. The minimum absolute atomic E-state index is 0.0155. The van der Waals surface area contributed by atoms with Crippen molar-refractivity contribution in [3.05, 3.63) is 22.4 Å². The summed E-state index contributed by atoms with van der Waals surface area (Å²) in [6, 6.07) is 0. The lowest BCUT2D eigenvalue weighted by Crippen LogP contribution is -2.32. The fourth-order valence-electron chi connectivity index (χ4n) is 2.06. The van der Waals surface area contributed by atoms with E-state index in [0.29, 0.717) is 10.1 Å². The Morgan fingerprint density at radius 3 is 3.21 bits per heavy atom. The number of aliphatic hydroxyl groups excluding tert-OH is 3.